The van der Waals surface area contributed by atoms with Crippen molar-refractivity contribution in [3.8, 4) is 0 Å². The number of non-ortho nitro benzene ring substituents is 1. The molecule has 2 aliphatic rings. The van der Waals surface area contributed by atoms with Crippen LogP contribution in [-0.4, -0.2) is 123 Å². The molecule has 15 heteroatoms. The van der Waals surface area contributed by atoms with Gasteiger partial charge in [0.2, 0.25) is 0 Å². The maximum absolute atomic E-state index is 11.8. The number of nitrogens with zero attached hydrogens (tertiary/aromatic N) is 9. The van der Waals surface area contributed by atoms with Gasteiger partial charge in [0.05, 0.1) is 41.8 Å². The Morgan fingerprint density at radius 3 is 1.34 bits per heavy atom. The first-order valence-corrected chi connectivity index (χ1v) is 17.4. The molecule has 0 spiro atoms. The van der Waals surface area contributed by atoms with E-state index >= 15 is 0 Å². The van der Waals surface area contributed by atoms with E-state index < -0.39 is 0 Å². The first-order valence-electron chi connectivity index (χ1n) is 17.4. The molecule has 0 saturated carbocycles. The molecular formula is C32H53N13O2. The van der Waals surface area contributed by atoms with Crippen molar-refractivity contribution in [3.63, 3.8) is 0 Å². The first-order chi connectivity index (χ1) is 23.1. The Hall–Kier alpha value is -3.34. The standard InChI is InChI=1S/C32H53N13O2/c46-45(47)32-20-28(22-43-26-30(37-39-43)24-41-15-3-11-33-7-1-8-34-12-4-16-41)19-29(21-32)23-44-27-31(38-40-44)25-42-17-5-13-35-9-2-10-36-14-6-18-42/h19-21,26-27,33-36H,1-18,22-25H2. The Bertz CT molecular complexity index is 1230. The van der Waals surface area contributed by atoms with Gasteiger partial charge in [-0.25, -0.2) is 9.36 Å². The highest BCUT2D eigenvalue weighted by molar-refractivity contribution is 5.39. The Morgan fingerprint density at radius 1 is 0.574 bits per heavy atom. The largest absolute Gasteiger partial charge is 0.317 e. The third kappa shape index (κ3) is 12.7. The summed E-state index contributed by atoms with van der Waals surface area (Å²) in [6, 6.07) is 5.23. The molecule has 0 unspecified atom stereocenters. The van der Waals surface area contributed by atoms with Crippen molar-refractivity contribution >= 4 is 5.69 Å². The van der Waals surface area contributed by atoms with E-state index in [1.165, 1.54) is 0 Å². The van der Waals surface area contributed by atoms with E-state index in [-0.39, 0.29) is 10.6 Å². The molecule has 0 aliphatic carbocycles. The molecule has 258 valence electrons. The minimum Gasteiger partial charge on any atom is -0.317 e. The first kappa shape index (κ1) is 35.0. The Kier molecular flexibility index (Phi) is 14.5. The molecule has 5 rings (SSSR count). The molecule has 15 nitrogen and oxygen atoms in total. The predicted octanol–water partition coefficient (Wildman–Crippen LogP) is 1.20. The molecule has 0 bridgehead atoms. The molecule has 3 aromatic rings. The average molecular weight is 652 g/mol. The predicted molar refractivity (Wildman–Crippen MR) is 181 cm³/mol. The van der Waals surface area contributed by atoms with Gasteiger partial charge >= 0.3 is 0 Å². The highest BCUT2D eigenvalue weighted by Crippen LogP contribution is 2.19. The van der Waals surface area contributed by atoms with Crippen LogP contribution in [0.3, 0.4) is 0 Å². The molecule has 2 saturated heterocycles. The summed E-state index contributed by atoms with van der Waals surface area (Å²) in [6.45, 7) is 14.6. The van der Waals surface area contributed by atoms with E-state index in [9.17, 15) is 10.1 Å². The highest BCUT2D eigenvalue weighted by Gasteiger charge is 2.15. The SMILES string of the molecule is O=[N+]([O-])c1cc(Cn2cc(CN3CCCNCCCNCCC3)nn2)cc(Cn2cc(CN3CCCNCCCNCCC3)nn2)c1. The zero-order valence-electron chi connectivity index (χ0n) is 27.8. The lowest BCUT2D eigenvalue weighted by Gasteiger charge is -2.22. The average Bonchev–Trinajstić information content (AvgIpc) is 3.68. The topological polar surface area (TPSA) is 159 Å². The number of aromatic nitrogens is 6. The lowest BCUT2D eigenvalue weighted by atomic mass is 10.1. The lowest BCUT2D eigenvalue weighted by Crippen LogP contribution is -2.32. The molecule has 2 aromatic heterocycles. The minimum atomic E-state index is -0.339. The van der Waals surface area contributed by atoms with Crippen molar-refractivity contribution in [3.05, 3.63) is 63.2 Å². The molecule has 4 heterocycles. The quantitative estimate of drug-likeness (QED) is 0.194. The van der Waals surface area contributed by atoms with Crippen molar-refractivity contribution in [1.29, 1.82) is 0 Å². The van der Waals surface area contributed by atoms with Gasteiger partial charge in [-0.3, -0.25) is 19.9 Å². The second-order valence-electron chi connectivity index (χ2n) is 12.8. The third-order valence-electron chi connectivity index (χ3n) is 8.61. The summed E-state index contributed by atoms with van der Waals surface area (Å²) in [5.74, 6) is 0. The summed E-state index contributed by atoms with van der Waals surface area (Å²) in [7, 11) is 0. The van der Waals surface area contributed by atoms with Crippen LogP contribution < -0.4 is 21.3 Å². The molecule has 2 aliphatic heterocycles. The van der Waals surface area contributed by atoms with Crippen LogP contribution >= 0.6 is 0 Å². The van der Waals surface area contributed by atoms with Crippen molar-refractivity contribution in [2.24, 2.45) is 0 Å². The Morgan fingerprint density at radius 2 is 0.957 bits per heavy atom. The smallest absolute Gasteiger partial charge is 0.270 e. The summed E-state index contributed by atoms with van der Waals surface area (Å²) < 4.78 is 3.54. The van der Waals surface area contributed by atoms with Gasteiger partial charge in [0, 0.05) is 25.2 Å². The van der Waals surface area contributed by atoms with Crippen LogP contribution in [0.2, 0.25) is 0 Å². The van der Waals surface area contributed by atoms with Crippen LogP contribution in [0.4, 0.5) is 5.69 Å². The van der Waals surface area contributed by atoms with Crippen molar-refractivity contribution in [1.82, 2.24) is 61.1 Å². The Labute approximate surface area is 278 Å². The maximum Gasteiger partial charge on any atom is 0.270 e. The van der Waals surface area contributed by atoms with Crippen LogP contribution in [0.5, 0.6) is 0 Å². The fourth-order valence-electron chi connectivity index (χ4n) is 6.27. The van der Waals surface area contributed by atoms with E-state index in [2.05, 4.69) is 51.7 Å². The number of hydrogen-bond donors (Lipinski definition) is 4. The summed E-state index contributed by atoms with van der Waals surface area (Å²) in [5, 5.41) is 43.5. The molecule has 1 aromatic carbocycles. The van der Waals surface area contributed by atoms with Gasteiger partial charge in [-0.05, 0) is 128 Å². The number of hydrogen-bond acceptors (Lipinski definition) is 12. The molecular weight excluding hydrogens is 598 g/mol. The third-order valence-corrected chi connectivity index (χ3v) is 8.61. The maximum atomic E-state index is 11.8. The van der Waals surface area contributed by atoms with Gasteiger partial charge in [-0.2, -0.15) is 0 Å². The Balaban J connectivity index is 1.18. The second kappa shape index (κ2) is 19.5. The number of rotatable bonds is 9. The van der Waals surface area contributed by atoms with E-state index in [0.717, 1.165) is 153 Å². The van der Waals surface area contributed by atoms with Gasteiger partial charge < -0.3 is 21.3 Å². The van der Waals surface area contributed by atoms with Gasteiger partial charge in [-0.15, -0.1) is 10.2 Å². The normalized spacial score (nSPS) is 19.2. The van der Waals surface area contributed by atoms with E-state index in [1.54, 1.807) is 21.5 Å². The zero-order valence-corrected chi connectivity index (χ0v) is 27.8. The molecule has 2 fully saturated rings. The fourth-order valence-corrected chi connectivity index (χ4v) is 6.27. The van der Waals surface area contributed by atoms with E-state index in [0.29, 0.717) is 13.1 Å². The summed E-state index contributed by atoms with van der Waals surface area (Å²) in [6.07, 6.45) is 10.6. The molecule has 0 radical (unpaired) electrons. The summed E-state index contributed by atoms with van der Waals surface area (Å²) in [4.78, 5) is 16.4. The van der Waals surface area contributed by atoms with Crippen molar-refractivity contribution in [2.75, 3.05) is 78.5 Å². The lowest BCUT2D eigenvalue weighted by molar-refractivity contribution is -0.385. The van der Waals surface area contributed by atoms with E-state index in [4.69, 9.17) is 0 Å². The van der Waals surface area contributed by atoms with Gasteiger partial charge in [0.15, 0.2) is 0 Å². The summed E-state index contributed by atoms with van der Waals surface area (Å²) in [5.41, 5.74) is 3.47. The van der Waals surface area contributed by atoms with Gasteiger partial charge in [-0.1, -0.05) is 16.5 Å². The summed E-state index contributed by atoms with van der Waals surface area (Å²) >= 11 is 0. The van der Waals surface area contributed by atoms with E-state index in [1.807, 2.05) is 18.5 Å². The van der Waals surface area contributed by atoms with Crippen LogP contribution in [0.15, 0.2) is 30.6 Å². The van der Waals surface area contributed by atoms with Crippen LogP contribution in [0.1, 0.15) is 61.0 Å². The van der Waals surface area contributed by atoms with Crippen LogP contribution in [0.25, 0.3) is 0 Å². The molecule has 0 amide bonds. The molecule has 4 N–H and O–H groups in total. The van der Waals surface area contributed by atoms with Crippen LogP contribution in [-0.2, 0) is 26.2 Å². The zero-order chi connectivity index (χ0) is 32.5. The number of nitrogens with one attached hydrogen (secondary N) is 4. The number of nitro groups is 1. The fraction of sp³-hybridized carbons (Fsp3) is 0.688. The molecule has 0 atom stereocenters. The van der Waals surface area contributed by atoms with Crippen molar-refractivity contribution in [2.45, 2.75) is 64.7 Å². The highest BCUT2D eigenvalue weighted by atomic mass is 16.6. The van der Waals surface area contributed by atoms with Crippen molar-refractivity contribution < 1.29 is 4.92 Å². The second-order valence-corrected chi connectivity index (χ2v) is 12.8. The van der Waals surface area contributed by atoms with Gasteiger partial charge in [0.1, 0.15) is 0 Å². The number of nitro benzene ring substituents is 1. The minimum absolute atomic E-state index is 0.0567. The van der Waals surface area contributed by atoms with Gasteiger partial charge in [0.25, 0.3) is 5.69 Å². The van der Waals surface area contributed by atoms with Crippen LogP contribution in [0, 0.1) is 10.1 Å². The molecule has 47 heavy (non-hydrogen) atoms. The number of benzene rings is 1. The monoisotopic (exact) mass is 651 g/mol.